The molecule has 0 aliphatic carbocycles. The number of pyridine rings is 1. The summed E-state index contributed by atoms with van der Waals surface area (Å²) in [7, 11) is 1.35. The Labute approximate surface area is 269 Å². The van der Waals surface area contributed by atoms with Gasteiger partial charge in [-0.1, -0.05) is 24.3 Å². The molecule has 11 heteroatoms. The van der Waals surface area contributed by atoms with E-state index < -0.39 is 17.6 Å². The first-order chi connectivity index (χ1) is 22.9. The van der Waals surface area contributed by atoms with E-state index in [-0.39, 0.29) is 24.5 Å². The molecule has 0 unspecified atom stereocenters. The molecule has 7 rings (SSSR count). The predicted octanol–water partition coefficient (Wildman–Crippen LogP) is 5.68. The molecule has 4 heterocycles. The Morgan fingerprint density at radius 2 is 1.85 bits per heavy atom. The maximum Gasteiger partial charge on any atom is 0.337 e. The summed E-state index contributed by atoms with van der Waals surface area (Å²) >= 11 is 0. The SMILES string of the molecule is COC(=O)c1ccc2nc(Cc3ccc(-c4cccc(OCc5ccc(C#N)cc5F)n4)cc3F)n(C[C@@H]3CCN3C3COC3)c2c1. The molecule has 9 nitrogen and oxygen atoms in total. The number of imidazole rings is 1. The maximum atomic E-state index is 15.7. The Morgan fingerprint density at radius 1 is 1.02 bits per heavy atom. The van der Waals surface area contributed by atoms with Gasteiger partial charge >= 0.3 is 5.97 Å². The second kappa shape index (κ2) is 12.9. The molecule has 47 heavy (non-hydrogen) atoms. The molecule has 0 bridgehead atoms. The van der Waals surface area contributed by atoms with Crippen molar-refractivity contribution in [2.24, 2.45) is 0 Å². The Bertz CT molecular complexity index is 2020. The van der Waals surface area contributed by atoms with E-state index in [9.17, 15) is 9.18 Å². The second-order valence-corrected chi connectivity index (χ2v) is 11.8. The number of methoxy groups -OCH3 is 1. The number of carbonyl (C=O) groups excluding carboxylic acids is 1. The van der Waals surface area contributed by atoms with Crippen LogP contribution in [-0.2, 0) is 29.0 Å². The van der Waals surface area contributed by atoms with Gasteiger partial charge in [0.1, 0.15) is 24.1 Å². The number of carbonyl (C=O) groups is 1. The van der Waals surface area contributed by atoms with E-state index in [1.165, 1.54) is 25.3 Å². The van der Waals surface area contributed by atoms with E-state index >= 15 is 4.39 Å². The van der Waals surface area contributed by atoms with Gasteiger partial charge in [0.05, 0.1) is 60.3 Å². The van der Waals surface area contributed by atoms with Crippen LogP contribution in [0.4, 0.5) is 8.78 Å². The molecule has 0 saturated carbocycles. The number of aromatic nitrogens is 3. The largest absolute Gasteiger partial charge is 0.473 e. The van der Waals surface area contributed by atoms with Gasteiger partial charge in [0.15, 0.2) is 0 Å². The van der Waals surface area contributed by atoms with Crippen LogP contribution in [0.3, 0.4) is 0 Å². The highest BCUT2D eigenvalue weighted by atomic mass is 19.1. The Hall–Kier alpha value is -5.18. The third-order valence-corrected chi connectivity index (χ3v) is 8.90. The van der Waals surface area contributed by atoms with Crippen molar-refractivity contribution in [2.75, 3.05) is 26.9 Å². The van der Waals surface area contributed by atoms with Crippen LogP contribution in [0.5, 0.6) is 5.88 Å². The summed E-state index contributed by atoms with van der Waals surface area (Å²) < 4.78 is 48.2. The molecular formula is C36H31F2N5O4. The second-order valence-electron chi connectivity index (χ2n) is 11.8. The van der Waals surface area contributed by atoms with Crippen molar-refractivity contribution < 1.29 is 27.8 Å². The molecule has 2 fully saturated rings. The number of benzene rings is 3. The lowest BCUT2D eigenvalue weighted by atomic mass is 9.98. The van der Waals surface area contributed by atoms with Crippen LogP contribution >= 0.6 is 0 Å². The monoisotopic (exact) mass is 635 g/mol. The fourth-order valence-electron chi connectivity index (χ4n) is 6.08. The zero-order valence-corrected chi connectivity index (χ0v) is 25.7. The van der Waals surface area contributed by atoms with Crippen LogP contribution in [0.15, 0.2) is 72.8 Å². The van der Waals surface area contributed by atoms with Gasteiger partial charge in [0.2, 0.25) is 5.88 Å². The minimum atomic E-state index is -0.534. The highest BCUT2D eigenvalue weighted by molar-refractivity contribution is 5.93. The molecule has 238 valence electrons. The first-order valence-electron chi connectivity index (χ1n) is 15.4. The summed E-state index contributed by atoms with van der Waals surface area (Å²) in [5.41, 5.74) is 4.02. The smallest absolute Gasteiger partial charge is 0.337 e. The molecule has 0 amide bonds. The zero-order chi connectivity index (χ0) is 32.5. The highest BCUT2D eigenvalue weighted by Crippen LogP contribution is 2.30. The van der Waals surface area contributed by atoms with Crippen molar-refractivity contribution in [1.82, 2.24) is 19.4 Å². The first-order valence-corrected chi connectivity index (χ1v) is 15.4. The lowest BCUT2D eigenvalue weighted by Crippen LogP contribution is -2.61. The van der Waals surface area contributed by atoms with E-state index in [1.54, 1.807) is 48.5 Å². The number of hydrogen-bond acceptors (Lipinski definition) is 8. The fourth-order valence-corrected chi connectivity index (χ4v) is 6.08. The van der Waals surface area contributed by atoms with Crippen LogP contribution < -0.4 is 4.74 Å². The average molecular weight is 636 g/mol. The molecule has 2 saturated heterocycles. The number of ether oxygens (including phenoxy) is 3. The Morgan fingerprint density at radius 3 is 2.55 bits per heavy atom. The number of halogens is 2. The summed E-state index contributed by atoms with van der Waals surface area (Å²) in [4.78, 5) is 24.2. The van der Waals surface area contributed by atoms with Crippen molar-refractivity contribution in [3.05, 3.63) is 113 Å². The van der Waals surface area contributed by atoms with Crippen LogP contribution in [0.25, 0.3) is 22.3 Å². The van der Waals surface area contributed by atoms with Gasteiger partial charge in [0.25, 0.3) is 0 Å². The van der Waals surface area contributed by atoms with Crippen molar-refractivity contribution >= 4 is 17.0 Å². The molecule has 2 aliphatic heterocycles. The van der Waals surface area contributed by atoms with Crippen molar-refractivity contribution in [3.63, 3.8) is 0 Å². The number of hydrogen-bond donors (Lipinski definition) is 0. The number of nitrogens with zero attached hydrogens (tertiary/aromatic N) is 5. The zero-order valence-electron chi connectivity index (χ0n) is 25.7. The number of fused-ring (bicyclic) bond motifs is 1. The normalized spacial score (nSPS) is 16.3. The van der Waals surface area contributed by atoms with Crippen molar-refractivity contribution in [2.45, 2.75) is 38.1 Å². The van der Waals surface area contributed by atoms with Gasteiger partial charge in [-0.15, -0.1) is 0 Å². The number of likely N-dealkylation sites (tertiary alicyclic amines) is 1. The fraction of sp³-hybridized carbons (Fsp3) is 0.278. The van der Waals surface area contributed by atoms with E-state index in [0.717, 1.165) is 43.3 Å². The molecular weight excluding hydrogens is 604 g/mol. The number of nitriles is 1. The molecule has 0 spiro atoms. The third kappa shape index (κ3) is 6.17. The number of rotatable bonds is 10. The molecule has 1 atom stereocenters. The van der Waals surface area contributed by atoms with Gasteiger partial charge in [-0.3, -0.25) is 4.90 Å². The average Bonchev–Trinajstić information content (AvgIpc) is 3.40. The quantitative estimate of drug-likeness (QED) is 0.181. The Kier molecular flexibility index (Phi) is 8.37. The summed E-state index contributed by atoms with van der Waals surface area (Å²) in [6.07, 6.45) is 1.29. The summed E-state index contributed by atoms with van der Waals surface area (Å²) in [5.74, 6) is -0.401. The maximum absolute atomic E-state index is 15.7. The van der Waals surface area contributed by atoms with E-state index in [2.05, 4.69) is 14.5 Å². The molecule has 0 N–H and O–H groups in total. The molecule has 2 aromatic heterocycles. The Balaban J connectivity index is 1.12. The van der Waals surface area contributed by atoms with E-state index in [0.29, 0.717) is 52.4 Å². The third-order valence-electron chi connectivity index (χ3n) is 8.90. The molecule has 3 aromatic carbocycles. The summed E-state index contributed by atoms with van der Waals surface area (Å²) in [6.45, 7) is 3.07. The van der Waals surface area contributed by atoms with Gasteiger partial charge in [-0.25, -0.2) is 23.5 Å². The minimum Gasteiger partial charge on any atom is -0.473 e. The number of esters is 1. The van der Waals surface area contributed by atoms with E-state index in [1.807, 2.05) is 6.07 Å². The lowest BCUT2D eigenvalue weighted by molar-refractivity contribution is -0.111. The summed E-state index contributed by atoms with van der Waals surface area (Å²) in [5, 5.41) is 8.96. The van der Waals surface area contributed by atoms with Crippen molar-refractivity contribution in [3.8, 4) is 23.2 Å². The molecule has 2 aliphatic rings. The van der Waals surface area contributed by atoms with E-state index in [4.69, 9.17) is 24.5 Å². The van der Waals surface area contributed by atoms with Crippen LogP contribution in [0.2, 0.25) is 0 Å². The minimum absolute atomic E-state index is 0.0729. The summed E-state index contributed by atoms with van der Waals surface area (Å²) in [6, 6.07) is 22.2. The van der Waals surface area contributed by atoms with Gasteiger partial charge in [-0.05, 0) is 54.4 Å². The highest BCUT2D eigenvalue weighted by Gasteiger charge is 2.38. The van der Waals surface area contributed by atoms with Crippen LogP contribution in [-0.4, -0.2) is 64.4 Å². The lowest BCUT2D eigenvalue weighted by Gasteiger charge is -2.49. The van der Waals surface area contributed by atoms with Gasteiger partial charge in [0, 0.05) is 42.7 Å². The van der Waals surface area contributed by atoms with Gasteiger partial charge < -0.3 is 18.8 Å². The predicted molar refractivity (Wildman–Crippen MR) is 169 cm³/mol. The van der Waals surface area contributed by atoms with Crippen LogP contribution in [0, 0.1) is 23.0 Å². The topological polar surface area (TPSA) is 102 Å². The molecule has 5 aromatic rings. The molecule has 0 radical (unpaired) electrons. The first kappa shape index (κ1) is 30.5. The standard InChI is InChI=1S/C36H31F2N5O4/c1-45-36(44)25-9-10-32-33(15-25)43(18-27-11-12-42(27)28-20-46-21-28)34(40-32)16-23-7-8-24(14-30(23)38)31-3-2-4-35(41-31)47-19-26-6-5-22(17-39)13-29(26)37/h2-10,13-15,27-28H,11-12,16,18-21H2,1H3/t27-/m0/s1. The van der Waals surface area contributed by atoms with Crippen molar-refractivity contribution in [1.29, 1.82) is 5.26 Å². The van der Waals surface area contributed by atoms with Gasteiger partial charge in [-0.2, -0.15) is 5.26 Å². The van der Waals surface area contributed by atoms with Crippen LogP contribution in [0.1, 0.15) is 39.3 Å².